The van der Waals surface area contributed by atoms with E-state index in [1.807, 2.05) is 55.5 Å². The molecule has 148 valence electrons. The molecule has 0 radical (unpaired) electrons. The predicted octanol–water partition coefficient (Wildman–Crippen LogP) is 3.62. The lowest BCUT2D eigenvalue weighted by Gasteiger charge is -2.09. The van der Waals surface area contributed by atoms with Crippen molar-refractivity contribution in [1.82, 2.24) is 10.3 Å². The van der Waals surface area contributed by atoms with Crippen molar-refractivity contribution < 1.29 is 14.3 Å². The Morgan fingerprint density at radius 3 is 2.48 bits per heavy atom. The molecular formula is C23H23N3O3. The Labute approximate surface area is 169 Å². The molecule has 0 saturated carbocycles. The molecule has 0 aliphatic carbocycles. The molecule has 0 fully saturated rings. The van der Waals surface area contributed by atoms with Crippen LogP contribution in [0, 0.1) is 6.92 Å². The van der Waals surface area contributed by atoms with E-state index in [1.165, 1.54) is 12.3 Å². The normalized spacial score (nSPS) is 10.3. The van der Waals surface area contributed by atoms with E-state index in [0.29, 0.717) is 18.5 Å². The Bertz CT molecular complexity index is 1000. The van der Waals surface area contributed by atoms with Crippen LogP contribution in [0.3, 0.4) is 0 Å². The minimum atomic E-state index is -0.316. The number of anilines is 1. The Hall–Kier alpha value is -3.67. The molecule has 2 aromatic carbocycles. The van der Waals surface area contributed by atoms with Gasteiger partial charge < -0.3 is 15.4 Å². The van der Waals surface area contributed by atoms with E-state index < -0.39 is 0 Å². The van der Waals surface area contributed by atoms with Crippen molar-refractivity contribution in [3.63, 3.8) is 0 Å². The van der Waals surface area contributed by atoms with Gasteiger partial charge in [-0.15, -0.1) is 0 Å². The zero-order valence-corrected chi connectivity index (χ0v) is 16.4. The van der Waals surface area contributed by atoms with Gasteiger partial charge in [-0.05, 0) is 54.8 Å². The summed E-state index contributed by atoms with van der Waals surface area (Å²) in [6.45, 7) is 2.39. The number of nitrogens with one attached hydrogen (secondary N) is 2. The van der Waals surface area contributed by atoms with Crippen molar-refractivity contribution >= 4 is 17.5 Å². The molecule has 0 unspecified atom stereocenters. The van der Waals surface area contributed by atoms with Gasteiger partial charge in [-0.1, -0.05) is 30.3 Å². The largest absolute Gasteiger partial charge is 0.497 e. The summed E-state index contributed by atoms with van der Waals surface area (Å²) in [7, 11) is 1.62. The van der Waals surface area contributed by atoms with E-state index in [0.717, 1.165) is 22.6 Å². The molecule has 1 heterocycles. The molecule has 3 aromatic rings. The third-order valence-corrected chi connectivity index (χ3v) is 4.51. The van der Waals surface area contributed by atoms with Gasteiger partial charge in [0.25, 0.3) is 11.8 Å². The molecular weight excluding hydrogens is 366 g/mol. The number of carbonyl (C=O) groups excluding carboxylic acids is 2. The number of aromatic nitrogens is 1. The first kappa shape index (κ1) is 20.1. The van der Waals surface area contributed by atoms with Crippen LogP contribution in [0.1, 0.15) is 32.0 Å². The number of carbonyl (C=O) groups is 2. The SMILES string of the molecule is COc1ccc(CCNC(=O)c2cc(C(=O)Nc3ccccc3C)ccn2)cc1. The molecule has 0 spiro atoms. The van der Waals surface area contributed by atoms with Crippen LogP contribution >= 0.6 is 0 Å². The second-order valence-corrected chi connectivity index (χ2v) is 6.55. The summed E-state index contributed by atoms with van der Waals surface area (Å²) in [4.78, 5) is 29.0. The summed E-state index contributed by atoms with van der Waals surface area (Å²) >= 11 is 0. The predicted molar refractivity (Wildman–Crippen MR) is 112 cm³/mol. The number of ether oxygens (including phenoxy) is 1. The first-order chi connectivity index (χ1) is 14.1. The highest BCUT2D eigenvalue weighted by molar-refractivity contribution is 6.06. The topological polar surface area (TPSA) is 80.3 Å². The van der Waals surface area contributed by atoms with Crippen LogP contribution in [0.15, 0.2) is 66.9 Å². The Morgan fingerprint density at radius 2 is 1.76 bits per heavy atom. The zero-order chi connectivity index (χ0) is 20.6. The van der Waals surface area contributed by atoms with Gasteiger partial charge in [0.2, 0.25) is 0 Å². The molecule has 0 bridgehead atoms. The van der Waals surface area contributed by atoms with Crippen LogP contribution in [0.5, 0.6) is 5.75 Å². The number of rotatable bonds is 7. The number of pyridine rings is 1. The number of benzene rings is 2. The number of aryl methyl sites for hydroxylation is 1. The standard InChI is InChI=1S/C23H23N3O3/c1-16-5-3-4-6-20(16)26-22(27)18-12-14-24-21(15-18)23(28)25-13-11-17-7-9-19(29-2)10-8-17/h3-10,12,14-15H,11,13H2,1-2H3,(H,25,28)(H,26,27). The van der Waals surface area contributed by atoms with E-state index in [4.69, 9.17) is 4.74 Å². The van der Waals surface area contributed by atoms with Crippen LogP contribution < -0.4 is 15.4 Å². The summed E-state index contributed by atoms with van der Waals surface area (Å²) in [5.74, 6) is 0.195. The monoisotopic (exact) mass is 389 g/mol. The Morgan fingerprint density at radius 1 is 1.00 bits per heavy atom. The number of nitrogens with zero attached hydrogens (tertiary/aromatic N) is 1. The van der Waals surface area contributed by atoms with Crippen molar-refractivity contribution in [3.8, 4) is 5.75 Å². The number of amides is 2. The van der Waals surface area contributed by atoms with Crippen molar-refractivity contribution in [2.45, 2.75) is 13.3 Å². The lowest BCUT2D eigenvalue weighted by Crippen LogP contribution is -2.27. The smallest absolute Gasteiger partial charge is 0.269 e. The first-order valence-corrected chi connectivity index (χ1v) is 9.31. The van der Waals surface area contributed by atoms with E-state index in [2.05, 4.69) is 15.6 Å². The van der Waals surface area contributed by atoms with Gasteiger partial charge in [0.1, 0.15) is 11.4 Å². The highest BCUT2D eigenvalue weighted by Gasteiger charge is 2.12. The molecule has 2 amide bonds. The zero-order valence-electron chi connectivity index (χ0n) is 16.4. The van der Waals surface area contributed by atoms with Crippen LogP contribution in [0.4, 0.5) is 5.69 Å². The number of hydrogen-bond donors (Lipinski definition) is 2. The third kappa shape index (κ3) is 5.42. The fourth-order valence-electron chi connectivity index (χ4n) is 2.81. The second kappa shape index (κ2) is 9.50. The van der Waals surface area contributed by atoms with Crippen LogP contribution in [0.25, 0.3) is 0 Å². The van der Waals surface area contributed by atoms with Crippen molar-refractivity contribution in [2.24, 2.45) is 0 Å². The molecule has 29 heavy (non-hydrogen) atoms. The highest BCUT2D eigenvalue weighted by Crippen LogP contribution is 2.15. The lowest BCUT2D eigenvalue weighted by atomic mass is 10.1. The van der Waals surface area contributed by atoms with Crippen LogP contribution in [0.2, 0.25) is 0 Å². The molecule has 6 heteroatoms. The molecule has 1 aromatic heterocycles. The molecule has 0 atom stereocenters. The van der Waals surface area contributed by atoms with Gasteiger partial charge in [-0.25, -0.2) is 0 Å². The summed E-state index contributed by atoms with van der Waals surface area (Å²) < 4.78 is 5.13. The molecule has 6 nitrogen and oxygen atoms in total. The molecule has 2 N–H and O–H groups in total. The molecule has 3 rings (SSSR count). The lowest BCUT2D eigenvalue weighted by molar-refractivity contribution is 0.0949. The Kier molecular flexibility index (Phi) is 6.58. The number of hydrogen-bond acceptors (Lipinski definition) is 4. The van der Waals surface area contributed by atoms with E-state index in [-0.39, 0.29) is 17.5 Å². The van der Waals surface area contributed by atoms with Gasteiger partial charge in [-0.2, -0.15) is 0 Å². The van der Waals surface area contributed by atoms with Gasteiger partial charge in [0.15, 0.2) is 0 Å². The van der Waals surface area contributed by atoms with E-state index in [9.17, 15) is 9.59 Å². The summed E-state index contributed by atoms with van der Waals surface area (Å²) in [5, 5.41) is 5.69. The van der Waals surface area contributed by atoms with Crippen LogP contribution in [-0.4, -0.2) is 30.5 Å². The third-order valence-electron chi connectivity index (χ3n) is 4.51. The quantitative estimate of drug-likeness (QED) is 0.647. The first-order valence-electron chi connectivity index (χ1n) is 9.31. The fraction of sp³-hybridized carbons (Fsp3) is 0.174. The maximum Gasteiger partial charge on any atom is 0.269 e. The fourth-order valence-corrected chi connectivity index (χ4v) is 2.81. The minimum absolute atomic E-state index is 0.206. The van der Waals surface area contributed by atoms with Crippen LogP contribution in [-0.2, 0) is 6.42 Å². The summed E-state index contributed by atoms with van der Waals surface area (Å²) in [6, 6.07) is 18.3. The summed E-state index contributed by atoms with van der Waals surface area (Å²) in [6.07, 6.45) is 2.15. The average Bonchev–Trinajstić information content (AvgIpc) is 2.76. The number of para-hydroxylation sites is 1. The van der Waals surface area contributed by atoms with Gasteiger partial charge >= 0.3 is 0 Å². The Balaban J connectivity index is 1.58. The summed E-state index contributed by atoms with van der Waals surface area (Å²) in [5.41, 5.74) is 3.37. The maximum absolute atomic E-state index is 12.5. The molecule has 0 aliphatic rings. The molecule has 0 saturated heterocycles. The maximum atomic E-state index is 12.5. The van der Waals surface area contributed by atoms with Crippen molar-refractivity contribution in [1.29, 1.82) is 0 Å². The van der Waals surface area contributed by atoms with E-state index in [1.54, 1.807) is 13.2 Å². The van der Waals surface area contributed by atoms with Gasteiger partial charge in [0.05, 0.1) is 7.11 Å². The molecule has 0 aliphatic heterocycles. The minimum Gasteiger partial charge on any atom is -0.497 e. The second-order valence-electron chi connectivity index (χ2n) is 6.55. The van der Waals surface area contributed by atoms with E-state index >= 15 is 0 Å². The highest BCUT2D eigenvalue weighted by atomic mass is 16.5. The number of methoxy groups -OCH3 is 1. The average molecular weight is 389 g/mol. The van der Waals surface area contributed by atoms with Gasteiger partial charge in [-0.3, -0.25) is 14.6 Å². The van der Waals surface area contributed by atoms with Crippen molar-refractivity contribution in [3.05, 3.63) is 89.2 Å². The van der Waals surface area contributed by atoms with Crippen molar-refractivity contribution in [2.75, 3.05) is 19.0 Å². The van der Waals surface area contributed by atoms with Gasteiger partial charge in [0, 0.05) is 24.0 Å².